The monoisotopic (exact) mass is 383 g/mol. The average Bonchev–Trinajstić information content (AvgIpc) is 3.08. The van der Waals surface area contributed by atoms with E-state index in [-0.39, 0.29) is 11.6 Å². The second-order valence-corrected chi connectivity index (χ2v) is 6.23. The van der Waals surface area contributed by atoms with Crippen LogP contribution in [0.15, 0.2) is 24.3 Å². The number of nitro groups is 1. The van der Waals surface area contributed by atoms with Crippen molar-refractivity contribution in [1.29, 1.82) is 0 Å². The molecule has 3 rings (SSSR count). The van der Waals surface area contributed by atoms with Crippen molar-refractivity contribution in [2.75, 3.05) is 16.8 Å². The van der Waals surface area contributed by atoms with E-state index in [2.05, 4.69) is 10.4 Å². The number of halogens is 3. The number of amides is 1. The largest absolute Gasteiger partial charge is 0.416 e. The maximum Gasteiger partial charge on any atom is 0.416 e. The van der Waals surface area contributed by atoms with Gasteiger partial charge in [0.1, 0.15) is 17.5 Å². The maximum absolute atomic E-state index is 12.8. The van der Waals surface area contributed by atoms with Crippen LogP contribution >= 0.6 is 0 Å². The molecule has 1 unspecified atom stereocenters. The SMILES string of the molecule is Cc1cc(N2CCC(Nc3ccc(C(F)(F)F)cc3[N+](=O)[O-])C2=O)n(C)n1. The fraction of sp³-hybridized carbons (Fsp3) is 0.375. The zero-order chi connectivity index (χ0) is 19.9. The zero-order valence-corrected chi connectivity index (χ0v) is 14.4. The molecule has 1 fully saturated rings. The number of hydrogen-bond acceptors (Lipinski definition) is 5. The Morgan fingerprint density at radius 1 is 1.33 bits per heavy atom. The van der Waals surface area contributed by atoms with Gasteiger partial charge < -0.3 is 5.32 Å². The van der Waals surface area contributed by atoms with E-state index < -0.39 is 28.4 Å². The Bertz CT molecular complexity index is 909. The molecule has 0 bridgehead atoms. The molecular formula is C16H16F3N5O3. The first-order valence-corrected chi connectivity index (χ1v) is 8.02. The highest BCUT2D eigenvalue weighted by Crippen LogP contribution is 2.36. The summed E-state index contributed by atoms with van der Waals surface area (Å²) in [6, 6.07) is 3.14. The number of aryl methyl sites for hydroxylation is 2. The van der Waals surface area contributed by atoms with Crippen LogP contribution in [0.5, 0.6) is 0 Å². The first kappa shape index (κ1) is 18.7. The summed E-state index contributed by atoms with van der Waals surface area (Å²) >= 11 is 0. The van der Waals surface area contributed by atoms with E-state index in [1.165, 1.54) is 4.90 Å². The number of carbonyl (C=O) groups is 1. The average molecular weight is 383 g/mol. The highest BCUT2D eigenvalue weighted by Gasteiger charge is 2.37. The number of benzene rings is 1. The predicted octanol–water partition coefficient (Wildman–Crippen LogP) is 2.87. The van der Waals surface area contributed by atoms with Gasteiger partial charge in [-0.1, -0.05) is 0 Å². The molecule has 8 nitrogen and oxygen atoms in total. The van der Waals surface area contributed by atoms with Gasteiger partial charge in [0.05, 0.1) is 16.2 Å². The van der Waals surface area contributed by atoms with Crippen LogP contribution in [0.2, 0.25) is 0 Å². The Morgan fingerprint density at radius 2 is 2.04 bits per heavy atom. The number of nitrogens with zero attached hydrogens (tertiary/aromatic N) is 4. The third kappa shape index (κ3) is 3.57. The van der Waals surface area contributed by atoms with Gasteiger partial charge in [-0.05, 0) is 25.5 Å². The molecule has 1 aliphatic rings. The first-order chi connectivity index (χ1) is 12.6. The van der Waals surface area contributed by atoms with Crippen LogP contribution in [-0.2, 0) is 18.0 Å². The first-order valence-electron chi connectivity index (χ1n) is 8.02. The maximum atomic E-state index is 12.8. The summed E-state index contributed by atoms with van der Waals surface area (Å²) in [6.07, 6.45) is -4.35. The molecule has 0 spiro atoms. The minimum absolute atomic E-state index is 0.130. The van der Waals surface area contributed by atoms with Crippen molar-refractivity contribution < 1.29 is 22.9 Å². The minimum atomic E-state index is -4.69. The molecule has 0 saturated carbocycles. The minimum Gasteiger partial charge on any atom is -0.368 e. The van der Waals surface area contributed by atoms with Crippen LogP contribution in [0.1, 0.15) is 17.7 Å². The summed E-state index contributed by atoms with van der Waals surface area (Å²) in [4.78, 5) is 24.4. The lowest BCUT2D eigenvalue weighted by atomic mass is 10.1. The molecule has 1 aromatic carbocycles. The normalized spacial score (nSPS) is 17.4. The topological polar surface area (TPSA) is 93.3 Å². The zero-order valence-electron chi connectivity index (χ0n) is 14.4. The number of rotatable bonds is 4. The molecule has 0 aliphatic carbocycles. The fourth-order valence-electron chi connectivity index (χ4n) is 3.06. The van der Waals surface area contributed by atoms with Crippen molar-refractivity contribution in [2.24, 2.45) is 7.05 Å². The molecular weight excluding hydrogens is 367 g/mol. The van der Waals surface area contributed by atoms with Crippen molar-refractivity contribution in [3.63, 3.8) is 0 Å². The Labute approximate surface area is 151 Å². The lowest BCUT2D eigenvalue weighted by Crippen LogP contribution is -2.34. The van der Waals surface area contributed by atoms with E-state index in [9.17, 15) is 28.1 Å². The van der Waals surface area contributed by atoms with E-state index in [4.69, 9.17) is 0 Å². The summed E-state index contributed by atoms with van der Waals surface area (Å²) in [5, 5.41) is 18.1. The lowest BCUT2D eigenvalue weighted by molar-refractivity contribution is -0.384. The van der Waals surface area contributed by atoms with E-state index in [1.54, 1.807) is 24.7 Å². The van der Waals surface area contributed by atoms with Crippen molar-refractivity contribution in [3.05, 3.63) is 45.6 Å². The van der Waals surface area contributed by atoms with Crippen LogP contribution in [0.4, 0.5) is 30.4 Å². The van der Waals surface area contributed by atoms with Crippen LogP contribution in [0.25, 0.3) is 0 Å². The number of carbonyl (C=O) groups excluding carboxylic acids is 1. The summed E-state index contributed by atoms with van der Waals surface area (Å²) < 4.78 is 39.9. The molecule has 1 aliphatic heterocycles. The summed E-state index contributed by atoms with van der Waals surface area (Å²) in [5.41, 5.74) is -1.25. The van der Waals surface area contributed by atoms with E-state index >= 15 is 0 Å². The molecule has 2 aromatic rings. The van der Waals surface area contributed by atoms with Gasteiger partial charge in [-0.15, -0.1) is 0 Å². The second-order valence-electron chi connectivity index (χ2n) is 6.23. The molecule has 0 radical (unpaired) electrons. The molecule has 1 atom stereocenters. The molecule has 1 saturated heterocycles. The molecule has 2 heterocycles. The van der Waals surface area contributed by atoms with Gasteiger partial charge in [0.15, 0.2) is 0 Å². The summed E-state index contributed by atoms with van der Waals surface area (Å²) in [5.74, 6) is 0.260. The van der Waals surface area contributed by atoms with Gasteiger partial charge >= 0.3 is 6.18 Å². The summed E-state index contributed by atoms with van der Waals surface area (Å²) in [7, 11) is 1.69. The van der Waals surface area contributed by atoms with Crippen molar-refractivity contribution in [2.45, 2.75) is 25.6 Å². The van der Waals surface area contributed by atoms with Gasteiger partial charge in [-0.25, -0.2) is 0 Å². The standard InChI is InChI=1S/C16H16F3N5O3/c1-9-7-14(22(2)21-9)23-6-5-12(15(23)25)20-11-4-3-10(16(17,18)19)8-13(11)24(26)27/h3-4,7-8,12,20H,5-6H2,1-2H3. The highest BCUT2D eigenvalue weighted by atomic mass is 19.4. The van der Waals surface area contributed by atoms with Crippen molar-refractivity contribution in [3.8, 4) is 0 Å². The Hall–Kier alpha value is -3.11. The van der Waals surface area contributed by atoms with E-state index in [0.717, 1.165) is 17.8 Å². The number of nitro benzene ring substituents is 1. The van der Waals surface area contributed by atoms with Crippen molar-refractivity contribution >= 4 is 23.1 Å². The molecule has 27 heavy (non-hydrogen) atoms. The number of anilines is 2. The van der Waals surface area contributed by atoms with Crippen LogP contribution in [0, 0.1) is 17.0 Å². The number of nitrogens with one attached hydrogen (secondary N) is 1. The van der Waals surface area contributed by atoms with Gasteiger partial charge in [0.25, 0.3) is 11.6 Å². The second kappa shape index (κ2) is 6.56. The van der Waals surface area contributed by atoms with Gasteiger partial charge in [0, 0.05) is 25.7 Å². The Balaban J connectivity index is 1.84. The van der Waals surface area contributed by atoms with E-state index in [0.29, 0.717) is 24.8 Å². The van der Waals surface area contributed by atoms with Crippen LogP contribution in [-0.4, -0.2) is 33.2 Å². The number of aromatic nitrogens is 2. The third-order valence-corrected chi connectivity index (χ3v) is 4.31. The number of hydrogen-bond donors (Lipinski definition) is 1. The molecule has 1 aromatic heterocycles. The van der Waals surface area contributed by atoms with Gasteiger partial charge in [-0.2, -0.15) is 18.3 Å². The highest BCUT2D eigenvalue weighted by molar-refractivity contribution is 6.00. The summed E-state index contributed by atoms with van der Waals surface area (Å²) in [6.45, 7) is 2.15. The number of alkyl halides is 3. The Kier molecular flexibility index (Phi) is 4.54. The molecule has 144 valence electrons. The van der Waals surface area contributed by atoms with E-state index in [1.807, 2.05) is 0 Å². The Morgan fingerprint density at radius 3 is 2.59 bits per heavy atom. The third-order valence-electron chi connectivity index (χ3n) is 4.31. The predicted molar refractivity (Wildman–Crippen MR) is 90.4 cm³/mol. The van der Waals surface area contributed by atoms with Crippen LogP contribution < -0.4 is 10.2 Å². The molecule has 11 heteroatoms. The van der Waals surface area contributed by atoms with Crippen molar-refractivity contribution in [1.82, 2.24) is 9.78 Å². The quantitative estimate of drug-likeness (QED) is 0.647. The molecule has 1 amide bonds. The van der Waals surface area contributed by atoms with Gasteiger partial charge in [0.2, 0.25) is 0 Å². The fourth-order valence-corrected chi connectivity index (χ4v) is 3.06. The van der Waals surface area contributed by atoms with Crippen LogP contribution in [0.3, 0.4) is 0 Å². The van der Waals surface area contributed by atoms with Gasteiger partial charge in [-0.3, -0.25) is 24.5 Å². The molecule has 1 N–H and O–H groups in total. The smallest absolute Gasteiger partial charge is 0.368 e. The lowest BCUT2D eigenvalue weighted by Gasteiger charge is -2.17.